The Morgan fingerprint density at radius 3 is 2.44 bits per heavy atom. The first-order valence-corrected chi connectivity index (χ1v) is 6.54. The van der Waals surface area contributed by atoms with Gasteiger partial charge in [0.1, 0.15) is 5.82 Å². The fourth-order valence-corrected chi connectivity index (χ4v) is 1.71. The van der Waals surface area contributed by atoms with E-state index in [0.717, 1.165) is 3.57 Å². The zero-order valence-electron chi connectivity index (χ0n) is 9.15. The molecule has 0 aliphatic rings. The first-order valence-electron chi connectivity index (χ1n) is 5.08. The van der Waals surface area contributed by atoms with Gasteiger partial charge in [-0.3, -0.25) is 5.32 Å². The third-order valence-corrected chi connectivity index (χ3v) is 2.96. The number of benzene rings is 1. The van der Waals surface area contributed by atoms with E-state index in [-0.39, 0.29) is 6.03 Å². The van der Waals surface area contributed by atoms with Crippen molar-refractivity contribution < 1.29 is 4.79 Å². The lowest BCUT2D eigenvalue weighted by molar-refractivity contribution is 0.262. The van der Waals surface area contributed by atoms with E-state index in [0.29, 0.717) is 16.5 Å². The van der Waals surface area contributed by atoms with Gasteiger partial charge in [0.05, 0.1) is 0 Å². The Bertz CT molecular complexity index is 493. The number of rotatable bonds is 2. The zero-order valence-corrected chi connectivity index (χ0v) is 12.1. The number of pyridine rings is 1. The molecule has 0 aliphatic carbocycles. The number of aromatic nitrogens is 1. The van der Waals surface area contributed by atoms with E-state index in [1.54, 1.807) is 36.5 Å². The van der Waals surface area contributed by atoms with E-state index in [1.165, 1.54) is 0 Å². The number of urea groups is 1. The van der Waals surface area contributed by atoms with Crippen molar-refractivity contribution in [2.24, 2.45) is 0 Å². The van der Waals surface area contributed by atoms with Crippen molar-refractivity contribution in [2.75, 3.05) is 10.6 Å². The van der Waals surface area contributed by atoms with Gasteiger partial charge in [-0.15, -0.1) is 0 Å². The SMILES string of the molecule is O=C(Nc1ccc(Cl)cc1)Nc1ccc(I)cn1. The topological polar surface area (TPSA) is 54.0 Å². The molecule has 1 heterocycles. The Morgan fingerprint density at radius 1 is 1.11 bits per heavy atom. The van der Waals surface area contributed by atoms with Gasteiger partial charge in [0.2, 0.25) is 0 Å². The number of nitrogens with zero attached hydrogens (tertiary/aromatic N) is 1. The fourth-order valence-electron chi connectivity index (χ4n) is 1.26. The van der Waals surface area contributed by atoms with Crippen LogP contribution < -0.4 is 10.6 Å². The molecule has 0 saturated carbocycles. The van der Waals surface area contributed by atoms with Gasteiger partial charge >= 0.3 is 6.03 Å². The maximum atomic E-state index is 11.7. The van der Waals surface area contributed by atoms with Crippen LogP contribution in [0.1, 0.15) is 0 Å². The predicted molar refractivity (Wildman–Crippen MR) is 81.0 cm³/mol. The van der Waals surface area contributed by atoms with Crippen LogP contribution in [-0.2, 0) is 0 Å². The quantitative estimate of drug-likeness (QED) is 0.782. The monoisotopic (exact) mass is 373 g/mol. The number of amides is 2. The summed E-state index contributed by atoms with van der Waals surface area (Å²) >= 11 is 7.90. The highest BCUT2D eigenvalue weighted by Gasteiger charge is 2.03. The molecular formula is C12H9ClIN3O. The lowest BCUT2D eigenvalue weighted by Crippen LogP contribution is -2.19. The molecule has 1 aromatic carbocycles. The largest absolute Gasteiger partial charge is 0.324 e. The molecule has 0 spiro atoms. The highest BCUT2D eigenvalue weighted by Crippen LogP contribution is 2.14. The van der Waals surface area contributed by atoms with Gasteiger partial charge in [-0.05, 0) is 59.0 Å². The van der Waals surface area contributed by atoms with Crippen LogP contribution >= 0.6 is 34.2 Å². The van der Waals surface area contributed by atoms with E-state index < -0.39 is 0 Å². The lowest BCUT2D eigenvalue weighted by Gasteiger charge is -2.06. The van der Waals surface area contributed by atoms with E-state index in [1.807, 2.05) is 6.07 Å². The Hall–Kier alpha value is -1.34. The van der Waals surface area contributed by atoms with Gasteiger partial charge in [0.25, 0.3) is 0 Å². The first-order chi connectivity index (χ1) is 8.63. The molecule has 0 saturated heterocycles. The van der Waals surface area contributed by atoms with Gasteiger partial charge < -0.3 is 5.32 Å². The molecule has 0 radical (unpaired) electrons. The molecule has 0 bridgehead atoms. The van der Waals surface area contributed by atoms with E-state index >= 15 is 0 Å². The summed E-state index contributed by atoms with van der Waals surface area (Å²) in [6.07, 6.45) is 1.68. The maximum absolute atomic E-state index is 11.7. The number of carbonyl (C=O) groups is 1. The number of hydrogen-bond acceptors (Lipinski definition) is 2. The summed E-state index contributed by atoms with van der Waals surface area (Å²) in [6, 6.07) is 10.1. The molecule has 2 aromatic rings. The molecule has 2 N–H and O–H groups in total. The van der Waals surface area contributed by atoms with Gasteiger partial charge in [-0.25, -0.2) is 9.78 Å². The summed E-state index contributed by atoms with van der Waals surface area (Å²) in [4.78, 5) is 15.7. The third-order valence-electron chi connectivity index (χ3n) is 2.07. The number of halogens is 2. The smallest absolute Gasteiger partial charge is 0.308 e. The molecule has 92 valence electrons. The molecule has 2 amide bonds. The van der Waals surface area contributed by atoms with Crippen LogP contribution in [0.5, 0.6) is 0 Å². The third kappa shape index (κ3) is 3.85. The van der Waals surface area contributed by atoms with Crippen molar-refractivity contribution in [3.05, 3.63) is 51.2 Å². The van der Waals surface area contributed by atoms with E-state index in [4.69, 9.17) is 11.6 Å². The maximum Gasteiger partial charge on any atom is 0.324 e. The second-order valence-corrected chi connectivity index (χ2v) is 5.13. The van der Waals surface area contributed by atoms with Crippen molar-refractivity contribution in [2.45, 2.75) is 0 Å². The number of hydrogen-bond donors (Lipinski definition) is 2. The van der Waals surface area contributed by atoms with Crippen molar-refractivity contribution in [3.8, 4) is 0 Å². The van der Waals surface area contributed by atoms with Crippen LogP contribution in [0.4, 0.5) is 16.3 Å². The Balaban J connectivity index is 1.96. The van der Waals surface area contributed by atoms with Crippen LogP contribution in [0, 0.1) is 3.57 Å². The molecule has 0 aliphatic heterocycles. The lowest BCUT2D eigenvalue weighted by atomic mass is 10.3. The molecule has 0 fully saturated rings. The van der Waals surface area contributed by atoms with Crippen molar-refractivity contribution in [1.29, 1.82) is 0 Å². The minimum atomic E-state index is -0.342. The first kappa shape index (κ1) is 13.1. The molecule has 6 heteroatoms. The molecule has 2 rings (SSSR count). The Morgan fingerprint density at radius 2 is 1.83 bits per heavy atom. The molecule has 0 atom stereocenters. The minimum absolute atomic E-state index is 0.342. The van der Waals surface area contributed by atoms with Crippen LogP contribution in [0.15, 0.2) is 42.6 Å². The molecule has 4 nitrogen and oxygen atoms in total. The Kier molecular flexibility index (Phi) is 4.38. The molecular weight excluding hydrogens is 365 g/mol. The second-order valence-electron chi connectivity index (χ2n) is 3.45. The standard InChI is InChI=1S/C12H9ClIN3O/c13-8-1-4-10(5-2-8)16-12(18)17-11-6-3-9(14)7-15-11/h1-7H,(H2,15,16,17,18). The zero-order chi connectivity index (χ0) is 13.0. The highest BCUT2D eigenvalue weighted by molar-refractivity contribution is 14.1. The summed E-state index contributed by atoms with van der Waals surface area (Å²) < 4.78 is 1.01. The van der Waals surface area contributed by atoms with Gasteiger partial charge in [-0.1, -0.05) is 11.6 Å². The summed E-state index contributed by atoms with van der Waals surface area (Å²) in [6.45, 7) is 0. The average Bonchev–Trinajstić information content (AvgIpc) is 2.35. The number of nitrogens with one attached hydrogen (secondary N) is 2. The van der Waals surface area contributed by atoms with Gasteiger partial charge in [0, 0.05) is 20.5 Å². The Labute approximate surface area is 123 Å². The number of anilines is 2. The molecule has 1 aromatic heterocycles. The molecule has 18 heavy (non-hydrogen) atoms. The average molecular weight is 374 g/mol. The van der Waals surface area contributed by atoms with E-state index in [2.05, 4.69) is 38.2 Å². The van der Waals surface area contributed by atoms with Crippen LogP contribution in [0.2, 0.25) is 5.02 Å². The highest BCUT2D eigenvalue weighted by atomic mass is 127. The molecule has 0 unspecified atom stereocenters. The van der Waals surface area contributed by atoms with Crippen molar-refractivity contribution >= 4 is 51.7 Å². The predicted octanol–water partition coefficient (Wildman–Crippen LogP) is 3.98. The minimum Gasteiger partial charge on any atom is -0.308 e. The summed E-state index contributed by atoms with van der Waals surface area (Å²) in [5.41, 5.74) is 0.669. The van der Waals surface area contributed by atoms with Crippen LogP contribution in [-0.4, -0.2) is 11.0 Å². The van der Waals surface area contributed by atoms with Crippen LogP contribution in [0.25, 0.3) is 0 Å². The van der Waals surface area contributed by atoms with E-state index in [9.17, 15) is 4.79 Å². The second kappa shape index (κ2) is 6.01. The fraction of sp³-hybridized carbons (Fsp3) is 0. The summed E-state index contributed by atoms with van der Waals surface area (Å²) in [7, 11) is 0. The summed E-state index contributed by atoms with van der Waals surface area (Å²) in [5, 5.41) is 5.94. The number of carbonyl (C=O) groups excluding carboxylic acids is 1. The van der Waals surface area contributed by atoms with Crippen molar-refractivity contribution in [1.82, 2.24) is 4.98 Å². The van der Waals surface area contributed by atoms with Crippen molar-refractivity contribution in [3.63, 3.8) is 0 Å². The normalized spacial score (nSPS) is 9.89. The summed E-state index contributed by atoms with van der Waals surface area (Å²) in [5.74, 6) is 0.502. The van der Waals surface area contributed by atoms with Crippen LogP contribution in [0.3, 0.4) is 0 Å². The van der Waals surface area contributed by atoms with Gasteiger partial charge in [0.15, 0.2) is 0 Å². The van der Waals surface area contributed by atoms with Gasteiger partial charge in [-0.2, -0.15) is 0 Å².